The summed E-state index contributed by atoms with van der Waals surface area (Å²) in [5, 5.41) is 0.357. The minimum atomic E-state index is -0.208. The van der Waals surface area contributed by atoms with Crippen LogP contribution in [0, 0.1) is 0 Å². The molecule has 0 radical (unpaired) electrons. The minimum Gasteiger partial charge on any atom is -0.381 e. The number of rotatable bonds is 9. The van der Waals surface area contributed by atoms with Gasteiger partial charge in [0.2, 0.25) is 0 Å². The fourth-order valence-electron chi connectivity index (χ4n) is 1.54. The lowest BCUT2D eigenvalue weighted by atomic mass is 10.1. The Balaban J connectivity index is 2.50. The van der Waals surface area contributed by atoms with E-state index in [9.17, 15) is 4.79 Å². The quantitative estimate of drug-likeness (QED) is 0.516. The van der Waals surface area contributed by atoms with Crippen molar-refractivity contribution in [3.63, 3.8) is 0 Å². The predicted octanol–water partition coefficient (Wildman–Crippen LogP) is 3.13. The van der Waals surface area contributed by atoms with Gasteiger partial charge in [0.15, 0.2) is 0 Å². The van der Waals surface area contributed by atoms with Crippen LogP contribution in [-0.4, -0.2) is 30.9 Å². The minimum absolute atomic E-state index is 0.125. The lowest BCUT2D eigenvalue weighted by molar-refractivity contribution is -0.118. The van der Waals surface area contributed by atoms with Gasteiger partial charge in [0.1, 0.15) is 5.78 Å². The summed E-state index contributed by atoms with van der Waals surface area (Å²) in [4.78, 5) is 11.5. The van der Waals surface area contributed by atoms with Crippen LogP contribution in [0.25, 0.3) is 0 Å². The van der Waals surface area contributed by atoms with E-state index in [1.165, 1.54) is 0 Å². The summed E-state index contributed by atoms with van der Waals surface area (Å²) in [5.41, 5.74) is 1.10. The Morgan fingerprint density at radius 1 is 1.37 bits per heavy atom. The number of halogens is 1. The maximum atomic E-state index is 11.5. The van der Waals surface area contributed by atoms with Crippen LogP contribution in [0.1, 0.15) is 12.0 Å². The van der Waals surface area contributed by atoms with Gasteiger partial charge < -0.3 is 9.47 Å². The Hall–Kier alpha value is -0.970. The van der Waals surface area contributed by atoms with Crippen molar-refractivity contribution >= 4 is 21.7 Å². The molecule has 0 unspecified atom stereocenters. The lowest BCUT2D eigenvalue weighted by Crippen LogP contribution is -2.16. The van der Waals surface area contributed by atoms with Crippen LogP contribution in [-0.2, 0) is 20.9 Å². The molecule has 0 aliphatic carbocycles. The predicted molar refractivity (Wildman–Crippen MR) is 79.5 cm³/mol. The van der Waals surface area contributed by atoms with E-state index in [0.717, 1.165) is 5.56 Å². The molecule has 0 saturated heterocycles. The summed E-state index contributed by atoms with van der Waals surface area (Å²) >= 11 is 3.17. The van der Waals surface area contributed by atoms with Crippen molar-refractivity contribution in [2.24, 2.45) is 0 Å². The monoisotopic (exact) mass is 326 g/mol. The van der Waals surface area contributed by atoms with Gasteiger partial charge in [-0.2, -0.15) is 0 Å². The van der Waals surface area contributed by atoms with Crippen molar-refractivity contribution in [3.8, 4) is 0 Å². The van der Waals surface area contributed by atoms with E-state index in [1.807, 2.05) is 42.5 Å². The number of ether oxygens (including phenoxy) is 2. The van der Waals surface area contributed by atoms with E-state index in [1.54, 1.807) is 7.11 Å². The number of hydrogen-bond acceptors (Lipinski definition) is 3. The van der Waals surface area contributed by atoms with Gasteiger partial charge in [-0.05, 0) is 5.56 Å². The number of carbonyl (C=O) groups excluding carboxylic acids is 1. The second-order valence-corrected chi connectivity index (χ2v) is 4.66. The molecular weight excluding hydrogens is 308 g/mol. The van der Waals surface area contributed by atoms with Gasteiger partial charge in [0.05, 0.1) is 24.6 Å². The van der Waals surface area contributed by atoms with E-state index < -0.39 is 0 Å². The fourth-order valence-corrected chi connectivity index (χ4v) is 1.77. The molecule has 19 heavy (non-hydrogen) atoms. The Bertz CT molecular complexity index is 390. The maximum Gasteiger partial charge on any atom is 0.146 e. The molecule has 0 heterocycles. The van der Waals surface area contributed by atoms with E-state index >= 15 is 0 Å². The second kappa shape index (κ2) is 9.89. The van der Waals surface area contributed by atoms with Crippen LogP contribution in [0.2, 0.25) is 0 Å². The second-order valence-electron chi connectivity index (χ2n) is 4.09. The van der Waals surface area contributed by atoms with Crippen LogP contribution >= 0.6 is 15.9 Å². The van der Waals surface area contributed by atoms with Crippen molar-refractivity contribution in [3.05, 3.63) is 48.0 Å². The molecule has 0 aliphatic rings. The molecule has 3 nitrogen and oxygen atoms in total. The number of benzene rings is 1. The van der Waals surface area contributed by atoms with Crippen molar-refractivity contribution in [1.82, 2.24) is 0 Å². The normalized spacial score (nSPS) is 12.7. The van der Waals surface area contributed by atoms with Gasteiger partial charge in [-0.3, -0.25) is 4.79 Å². The number of alkyl halides is 1. The average Bonchev–Trinajstić information content (AvgIpc) is 2.45. The van der Waals surface area contributed by atoms with Crippen LogP contribution < -0.4 is 0 Å². The highest BCUT2D eigenvalue weighted by Gasteiger charge is 2.10. The summed E-state index contributed by atoms with van der Waals surface area (Å²) in [6, 6.07) is 9.91. The van der Waals surface area contributed by atoms with E-state index in [4.69, 9.17) is 9.47 Å². The third-order valence-electron chi connectivity index (χ3n) is 2.50. The van der Waals surface area contributed by atoms with Gasteiger partial charge in [0, 0.05) is 13.5 Å². The summed E-state index contributed by atoms with van der Waals surface area (Å²) in [6.45, 7) is 1.02. The third-order valence-corrected chi connectivity index (χ3v) is 3.12. The van der Waals surface area contributed by atoms with Gasteiger partial charge in [-0.25, -0.2) is 0 Å². The van der Waals surface area contributed by atoms with Crippen molar-refractivity contribution in [2.75, 3.05) is 19.0 Å². The Kier molecular flexibility index (Phi) is 8.38. The molecule has 0 aromatic heterocycles. The average molecular weight is 327 g/mol. The number of carbonyl (C=O) groups is 1. The number of ketones is 1. The Morgan fingerprint density at radius 2 is 2.11 bits per heavy atom. The molecule has 0 amide bonds. The number of Topliss-reactive ketones (excluding diaryl/α,β-unsaturated/α-hetero) is 1. The molecule has 1 aromatic rings. The SMILES string of the molecule is COC/C=C/[C@H](CC(=O)CBr)OCc1ccccc1. The van der Waals surface area contributed by atoms with Crippen LogP contribution in [0.15, 0.2) is 42.5 Å². The van der Waals surface area contributed by atoms with Gasteiger partial charge in [-0.1, -0.05) is 58.4 Å². The van der Waals surface area contributed by atoms with E-state index in [-0.39, 0.29) is 11.9 Å². The topological polar surface area (TPSA) is 35.5 Å². The first-order valence-electron chi connectivity index (χ1n) is 6.15. The smallest absolute Gasteiger partial charge is 0.146 e. The zero-order valence-corrected chi connectivity index (χ0v) is 12.6. The highest BCUT2D eigenvalue weighted by molar-refractivity contribution is 9.09. The van der Waals surface area contributed by atoms with Gasteiger partial charge in [0.25, 0.3) is 0 Å². The zero-order valence-electron chi connectivity index (χ0n) is 11.0. The van der Waals surface area contributed by atoms with Crippen LogP contribution in [0.4, 0.5) is 0 Å². The maximum absolute atomic E-state index is 11.5. The molecular formula is C15H19BrO3. The molecule has 0 bridgehead atoms. The highest BCUT2D eigenvalue weighted by Crippen LogP contribution is 2.08. The molecule has 0 saturated carbocycles. The molecule has 104 valence electrons. The molecule has 1 atom stereocenters. The largest absolute Gasteiger partial charge is 0.381 e. The standard InChI is InChI=1S/C15H19BrO3/c1-18-9-5-8-15(10-14(17)11-16)19-12-13-6-3-2-4-7-13/h2-8,15H,9-12H2,1H3/b8-5+/t15-/m1/s1. The van der Waals surface area contributed by atoms with E-state index in [2.05, 4.69) is 15.9 Å². The zero-order chi connectivity index (χ0) is 13.9. The van der Waals surface area contributed by atoms with Crippen molar-refractivity contribution in [1.29, 1.82) is 0 Å². The molecule has 1 aromatic carbocycles. The lowest BCUT2D eigenvalue weighted by Gasteiger charge is -2.13. The summed E-state index contributed by atoms with van der Waals surface area (Å²) in [6.07, 6.45) is 3.92. The molecule has 0 spiro atoms. The summed E-state index contributed by atoms with van der Waals surface area (Å²) in [5.74, 6) is 0.125. The summed E-state index contributed by atoms with van der Waals surface area (Å²) in [7, 11) is 1.63. The molecule has 0 N–H and O–H groups in total. The molecule has 1 rings (SSSR count). The van der Waals surface area contributed by atoms with Gasteiger partial charge in [-0.15, -0.1) is 0 Å². The van der Waals surface area contributed by atoms with Crippen molar-refractivity contribution < 1.29 is 14.3 Å². The van der Waals surface area contributed by atoms with Crippen LogP contribution in [0.5, 0.6) is 0 Å². The summed E-state index contributed by atoms with van der Waals surface area (Å²) < 4.78 is 10.7. The number of methoxy groups -OCH3 is 1. The fraction of sp³-hybridized carbons (Fsp3) is 0.400. The molecule has 0 aliphatic heterocycles. The first-order valence-corrected chi connectivity index (χ1v) is 7.27. The first kappa shape index (κ1) is 16.1. The molecule has 4 heteroatoms. The third kappa shape index (κ3) is 7.25. The van der Waals surface area contributed by atoms with Crippen LogP contribution in [0.3, 0.4) is 0 Å². The Morgan fingerprint density at radius 3 is 2.74 bits per heavy atom. The van der Waals surface area contributed by atoms with E-state index in [0.29, 0.717) is 25.0 Å². The number of hydrogen-bond donors (Lipinski definition) is 0. The molecule has 0 fully saturated rings. The van der Waals surface area contributed by atoms with Crippen molar-refractivity contribution in [2.45, 2.75) is 19.1 Å². The van der Waals surface area contributed by atoms with Gasteiger partial charge >= 0.3 is 0 Å². The highest BCUT2D eigenvalue weighted by atomic mass is 79.9. The Labute approximate surface area is 122 Å². The first-order chi connectivity index (χ1) is 9.26.